The summed E-state index contributed by atoms with van der Waals surface area (Å²) in [5.41, 5.74) is 1.36. The maximum absolute atomic E-state index is 4.26. The topological polar surface area (TPSA) is 30.2 Å². The van der Waals surface area contributed by atoms with Crippen LogP contribution < -0.4 is 0 Å². The second-order valence-corrected chi connectivity index (χ2v) is 4.23. The van der Waals surface area contributed by atoms with Gasteiger partial charge in [0.1, 0.15) is 0 Å². The molecule has 0 aliphatic heterocycles. The maximum atomic E-state index is 4.26. The Morgan fingerprint density at radius 3 is 2.69 bits per heavy atom. The third-order valence-electron chi connectivity index (χ3n) is 2.11. The highest BCUT2D eigenvalue weighted by Gasteiger charge is 2.14. The van der Waals surface area contributed by atoms with Crippen LogP contribution in [0.4, 0.5) is 0 Å². The van der Waals surface area contributed by atoms with Crippen molar-refractivity contribution in [3.8, 4) is 0 Å². The van der Waals surface area contributed by atoms with Crippen LogP contribution in [0.15, 0.2) is 24.8 Å². The van der Waals surface area contributed by atoms with Crippen LogP contribution in [0.3, 0.4) is 0 Å². The smallest absolute Gasteiger partial charge is 0.233 e. The van der Waals surface area contributed by atoms with Crippen LogP contribution in [0, 0.1) is 0 Å². The first kappa shape index (κ1) is 8.23. The lowest BCUT2D eigenvalue weighted by molar-refractivity contribution is 0.583. The highest BCUT2D eigenvalue weighted by atomic mass is 15.1. The van der Waals surface area contributed by atoms with Gasteiger partial charge in [-0.2, -0.15) is 0 Å². The van der Waals surface area contributed by atoms with E-state index >= 15 is 0 Å². The van der Waals surface area contributed by atoms with E-state index in [1.54, 1.807) is 6.20 Å². The molecule has 0 saturated heterocycles. The highest BCUT2D eigenvalue weighted by molar-refractivity contribution is 5.30. The van der Waals surface area contributed by atoms with Crippen molar-refractivity contribution in [1.82, 2.24) is 14.4 Å². The van der Waals surface area contributed by atoms with Gasteiger partial charge in [-0.25, -0.2) is 9.97 Å². The summed E-state index contributed by atoms with van der Waals surface area (Å²) in [6.07, 6.45) is 7.64. The Morgan fingerprint density at radius 1 is 1.23 bits per heavy atom. The zero-order chi connectivity index (χ0) is 9.47. The fourth-order valence-electron chi connectivity index (χ4n) is 1.20. The van der Waals surface area contributed by atoms with E-state index in [0.717, 1.165) is 5.78 Å². The van der Waals surface area contributed by atoms with Gasteiger partial charge in [-0.05, 0) is 11.0 Å². The van der Waals surface area contributed by atoms with Crippen molar-refractivity contribution >= 4 is 5.78 Å². The fraction of sp³-hybridized carbons (Fsp3) is 0.400. The highest BCUT2D eigenvalue weighted by Crippen LogP contribution is 2.20. The molecular weight excluding hydrogens is 162 g/mol. The Labute approximate surface area is 77.4 Å². The average Bonchev–Trinajstić information content (AvgIpc) is 2.47. The standard InChI is InChI=1S/C10H13N3/c1-10(2,3)8-6-12-9-11-4-5-13(9)7-8/h4-7H,1-3H3. The summed E-state index contributed by atoms with van der Waals surface area (Å²) in [7, 11) is 0. The maximum Gasteiger partial charge on any atom is 0.233 e. The molecule has 0 spiro atoms. The van der Waals surface area contributed by atoms with Crippen LogP contribution in [-0.4, -0.2) is 14.4 Å². The second-order valence-electron chi connectivity index (χ2n) is 4.23. The predicted molar refractivity (Wildman–Crippen MR) is 51.7 cm³/mol. The average molecular weight is 175 g/mol. The van der Waals surface area contributed by atoms with E-state index in [2.05, 4.69) is 36.9 Å². The molecule has 13 heavy (non-hydrogen) atoms. The molecule has 2 aromatic rings. The molecular formula is C10H13N3. The first-order valence-electron chi connectivity index (χ1n) is 4.36. The van der Waals surface area contributed by atoms with E-state index in [1.807, 2.05) is 16.8 Å². The number of hydrogen-bond donors (Lipinski definition) is 0. The molecule has 0 aliphatic rings. The van der Waals surface area contributed by atoms with Crippen molar-refractivity contribution in [2.45, 2.75) is 26.2 Å². The summed E-state index contributed by atoms with van der Waals surface area (Å²) in [6.45, 7) is 6.52. The van der Waals surface area contributed by atoms with Crippen LogP contribution in [0.25, 0.3) is 5.78 Å². The Kier molecular flexibility index (Phi) is 1.62. The van der Waals surface area contributed by atoms with Gasteiger partial charge >= 0.3 is 0 Å². The van der Waals surface area contributed by atoms with Crippen molar-refractivity contribution < 1.29 is 0 Å². The van der Waals surface area contributed by atoms with E-state index in [0.29, 0.717) is 0 Å². The first-order chi connectivity index (χ1) is 6.07. The van der Waals surface area contributed by atoms with Crippen molar-refractivity contribution in [3.63, 3.8) is 0 Å². The van der Waals surface area contributed by atoms with Gasteiger partial charge in [0, 0.05) is 24.8 Å². The molecule has 0 unspecified atom stereocenters. The molecule has 0 N–H and O–H groups in total. The lowest BCUT2D eigenvalue weighted by Crippen LogP contribution is -2.12. The minimum atomic E-state index is 0.144. The fourth-order valence-corrected chi connectivity index (χ4v) is 1.20. The summed E-state index contributed by atoms with van der Waals surface area (Å²) in [6, 6.07) is 0. The molecule has 0 aromatic carbocycles. The van der Waals surface area contributed by atoms with Gasteiger partial charge in [-0.15, -0.1) is 0 Å². The number of imidazole rings is 1. The molecule has 2 heterocycles. The predicted octanol–water partition coefficient (Wildman–Crippen LogP) is 2.03. The zero-order valence-electron chi connectivity index (χ0n) is 8.15. The second kappa shape index (κ2) is 2.55. The summed E-state index contributed by atoms with van der Waals surface area (Å²) in [5, 5.41) is 0. The Morgan fingerprint density at radius 2 is 2.00 bits per heavy atom. The van der Waals surface area contributed by atoms with Crippen LogP contribution >= 0.6 is 0 Å². The third-order valence-corrected chi connectivity index (χ3v) is 2.11. The van der Waals surface area contributed by atoms with Crippen molar-refractivity contribution in [3.05, 3.63) is 30.4 Å². The summed E-state index contributed by atoms with van der Waals surface area (Å²) >= 11 is 0. The van der Waals surface area contributed by atoms with E-state index in [9.17, 15) is 0 Å². The Balaban J connectivity index is 2.61. The van der Waals surface area contributed by atoms with E-state index in [1.165, 1.54) is 5.56 Å². The molecule has 0 bridgehead atoms. The van der Waals surface area contributed by atoms with Gasteiger partial charge in [0.25, 0.3) is 0 Å². The van der Waals surface area contributed by atoms with Gasteiger partial charge in [0.2, 0.25) is 5.78 Å². The number of fused-ring (bicyclic) bond motifs is 1. The molecule has 0 atom stereocenters. The molecule has 0 aliphatic carbocycles. The van der Waals surface area contributed by atoms with Crippen molar-refractivity contribution in [1.29, 1.82) is 0 Å². The zero-order valence-corrected chi connectivity index (χ0v) is 8.15. The summed E-state index contributed by atoms with van der Waals surface area (Å²) in [5.74, 6) is 0.757. The molecule has 3 heteroatoms. The number of nitrogens with zero attached hydrogens (tertiary/aromatic N) is 3. The number of rotatable bonds is 0. The van der Waals surface area contributed by atoms with E-state index < -0.39 is 0 Å². The lowest BCUT2D eigenvalue weighted by Gasteiger charge is -2.17. The van der Waals surface area contributed by atoms with E-state index in [4.69, 9.17) is 0 Å². The normalized spacial score (nSPS) is 12.2. The largest absolute Gasteiger partial charge is 0.291 e. The minimum Gasteiger partial charge on any atom is -0.291 e. The number of aromatic nitrogens is 3. The molecule has 2 aromatic heterocycles. The quantitative estimate of drug-likeness (QED) is 0.613. The van der Waals surface area contributed by atoms with Crippen LogP contribution in [-0.2, 0) is 5.41 Å². The van der Waals surface area contributed by atoms with Crippen LogP contribution in [0.5, 0.6) is 0 Å². The summed E-state index contributed by atoms with van der Waals surface area (Å²) in [4.78, 5) is 8.35. The first-order valence-corrected chi connectivity index (χ1v) is 4.36. The van der Waals surface area contributed by atoms with E-state index in [-0.39, 0.29) is 5.41 Å². The van der Waals surface area contributed by atoms with Crippen molar-refractivity contribution in [2.24, 2.45) is 0 Å². The molecule has 2 rings (SSSR count). The van der Waals surface area contributed by atoms with Gasteiger partial charge < -0.3 is 0 Å². The molecule has 0 radical (unpaired) electrons. The molecule has 0 saturated carbocycles. The Hall–Kier alpha value is -1.38. The summed E-state index contributed by atoms with van der Waals surface area (Å²) < 4.78 is 1.95. The van der Waals surface area contributed by atoms with Crippen LogP contribution in [0.1, 0.15) is 26.3 Å². The molecule has 68 valence electrons. The molecule has 0 fully saturated rings. The third kappa shape index (κ3) is 1.41. The van der Waals surface area contributed by atoms with Crippen molar-refractivity contribution in [2.75, 3.05) is 0 Å². The van der Waals surface area contributed by atoms with Gasteiger partial charge in [-0.3, -0.25) is 4.40 Å². The SMILES string of the molecule is CC(C)(C)c1cnc2nccn2c1. The van der Waals surface area contributed by atoms with Gasteiger partial charge in [0.05, 0.1) is 0 Å². The van der Waals surface area contributed by atoms with Gasteiger partial charge in [-0.1, -0.05) is 20.8 Å². The monoisotopic (exact) mass is 175 g/mol. The Bertz CT molecular complexity index is 423. The molecule has 0 amide bonds. The lowest BCUT2D eigenvalue weighted by atomic mass is 9.89. The van der Waals surface area contributed by atoms with Gasteiger partial charge in [0.15, 0.2) is 0 Å². The molecule has 3 nitrogen and oxygen atoms in total. The van der Waals surface area contributed by atoms with Crippen LogP contribution in [0.2, 0.25) is 0 Å². The number of hydrogen-bond acceptors (Lipinski definition) is 2. The minimum absolute atomic E-state index is 0.144.